The Hall–Kier alpha value is -3.40. The highest BCUT2D eigenvalue weighted by Gasteiger charge is 2.18. The zero-order valence-corrected chi connectivity index (χ0v) is 16.9. The molecule has 0 saturated heterocycles. The van der Waals surface area contributed by atoms with E-state index in [2.05, 4.69) is 24.9 Å². The first-order valence-corrected chi connectivity index (χ1v) is 9.79. The molecule has 0 aliphatic heterocycles. The minimum atomic E-state index is 0.126. The molecule has 1 unspecified atom stereocenters. The molecule has 0 radical (unpaired) electrons. The highest BCUT2D eigenvalue weighted by atomic mass is 16.5. The number of nitrogens with zero attached hydrogens (tertiary/aromatic N) is 2. The zero-order chi connectivity index (χ0) is 20.2. The predicted octanol–water partition coefficient (Wildman–Crippen LogP) is 6.20. The summed E-state index contributed by atoms with van der Waals surface area (Å²) in [7, 11) is 0. The fourth-order valence-corrected chi connectivity index (χ4v) is 3.31. The molecule has 4 heteroatoms. The van der Waals surface area contributed by atoms with Crippen LogP contribution in [0.1, 0.15) is 29.9 Å². The molecule has 2 aromatic carbocycles. The van der Waals surface area contributed by atoms with Crippen molar-refractivity contribution < 1.29 is 9.15 Å². The molecule has 0 fully saturated rings. The summed E-state index contributed by atoms with van der Waals surface area (Å²) in [5.41, 5.74) is 5.08. The second-order valence-electron chi connectivity index (χ2n) is 7.28. The zero-order valence-electron chi connectivity index (χ0n) is 16.9. The summed E-state index contributed by atoms with van der Waals surface area (Å²) in [5.74, 6) is 2.46. The molecule has 0 aliphatic rings. The molecule has 2 heterocycles. The number of ether oxygens (including phenoxy) is 1. The van der Waals surface area contributed by atoms with E-state index in [9.17, 15) is 0 Å². The van der Waals surface area contributed by atoms with Crippen LogP contribution in [0.15, 0.2) is 77.3 Å². The van der Waals surface area contributed by atoms with Crippen LogP contribution in [-0.4, -0.2) is 16.6 Å². The van der Waals surface area contributed by atoms with Crippen molar-refractivity contribution in [1.82, 2.24) is 9.97 Å². The normalized spacial score (nSPS) is 12.0. The third kappa shape index (κ3) is 4.37. The molecular formula is C25H24N2O2. The first-order chi connectivity index (χ1) is 14.1. The first kappa shape index (κ1) is 18.9. The number of pyridine rings is 1. The average molecular weight is 384 g/mol. The molecule has 4 rings (SSSR count). The predicted molar refractivity (Wildman–Crippen MR) is 115 cm³/mol. The second-order valence-corrected chi connectivity index (χ2v) is 7.28. The Kier molecular flexibility index (Phi) is 5.43. The number of hydrogen-bond acceptors (Lipinski definition) is 4. The number of benzene rings is 2. The van der Waals surface area contributed by atoms with E-state index >= 15 is 0 Å². The number of hydrogen-bond donors (Lipinski definition) is 0. The third-order valence-electron chi connectivity index (χ3n) is 4.88. The first-order valence-electron chi connectivity index (χ1n) is 9.79. The maximum absolute atomic E-state index is 5.96. The standard InChI is InChI=1S/C25H24N2O2/c1-17-7-6-8-22(15-17)28-16-18(2)24-19(3)29-25(27-24)21-12-10-20(11-13-21)23-9-4-5-14-26-23/h4-15,18H,16H2,1-3H3. The SMILES string of the molecule is Cc1cccc(OCC(C)c2nc(-c3ccc(-c4ccccn4)cc3)oc2C)c1. The van der Waals surface area contributed by atoms with Crippen molar-refractivity contribution in [1.29, 1.82) is 0 Å². The highest BCUT2D eigenvalue weighted by Crippen LogP contribution is 2.28. The molecule has 146 valence electrons. The molecule has 4 nitrogen and oxygen atoms in total. The van der Waals surface area contributed by atoms with Gasteiger partial charge in [0.25, 0.3) is 0 Å². The Labute approximate surface area is 171 Å². The van der Waals surface area contributed by atoms with Crippen molar-refractivity contribution in [2.45, 2.75) is 26.7 Å². The summed E-state index contributed by atoms with van der Waals surface area (Å²) in [5, 5.41) is 0. The fraction of sp³-hybridized carbons (Fsp3) is 0.200. The van der Waals surface area contributed by atoms with Crippen LogP contribution in [0.3, 0.4) is 0 Å². The molecule has 0 spiro atoms. The second kappa shape index (κ2) is 8.31. The molecule has 0 N–H and O–H groups in total. The number of aryl methyl sites for hydroxylation is 2. The molecule has 0 aliphatic carbocycles. The van der Waals surface area contributed by atoms with Crippen LogP contribution in [-0.2, 0) is 0 Å². The molecule has 29 heavy (non-hydrogen) atoms. The van der Waals surface area contributed by atoms with Gasteiger partial charge in [0.05, 0.1) is 18.0 Å². The lowest BCUT2D eigenvalue weighted by Gasteiger charge is -2.11. The van der Waals surface area contributed by atoms with Crippen LogP contribution in [0.5, 0.6) is 5.75 Å². The van der Waals surface area contributed by atoms with Gasteiger partial charge in [-0.2, -0.15) is 0 Å². The van der Waals surface area contributed by atoms with Gasteiger partial charge in [-0.3, -0.25) is 4.98 Å². The molecule has 0 amide bonds. The van der Waals surface area contributed by atoms with Gasteiger partial charge in [0.2, 0.25) is 5.89 Å². The Morgan fingerprint density at radius 2 is 1.72 bits per heavy atom. The van der Waals surface area contributed by atoms with Crippen LogP contribution in [0.4, 0.5) is 0 Å². The summed E-state index contributed by atoms with van der Waals surface area (Å²) in [6.45, 7) is 6.67. The lowest BCUT2D eigenvalue weighted by molar-refractivity contribution is 0.292. The van der Waals surface area contributed by atoms with Crippen molar-refractivity contribution in [3.8, 4) is 28.5 Å². The van der Waals surface area contributed by atoms with Crippen molar-refractivity contribution >= 4 is 0 Å². The van der Waals surface area contributed by atoms with Gasteiger partial charge in [-0.25, -0.2) is 4.98 Å². The van der Waals surface area contributed by atoms with Gasteiger partial charge in [-0.15, -0.1) is 0 Å². The summed E-state index contributed by atoms with van der Waals surface area (Å²) in [4.78, 5) is 9.14. The van der Waals surface area contributed by atoms with E-state index in [1.807, 2.05) is 67.6 Å². The summed E-state index contributed by atoms with van der Waals surface area (Å²) in [6, 6.07) is 22.1. The Bertz CT molecular complexity index is 1090. The smallest absolute Gasteiger partial charge is 0.226 e. The summed E-state index contributed by atoms with van der Waals surface area (Å²) in [6.07, 6.45) is 1.80. The van der Waals surface area contributed by atoms with E-state index in [4.69, 9.17) is 14.1 Å². The minimum absolute atomic E-state index is 0.126. The van der Waals surface area contributed by atoms with Crippen LogP contribution in [0.25, 0.3) is 22.7 Å². The molecule has 4 aromatic rings. The largest absolute Gasteiger partial charge is 0.493 e. The Morgan fingerprint density at radius 1 is 0.931 bits per heavy atom. The summed E-state index contributed by atoms with van der Waals surface area (Å²) < 4.78 is 11.9. The molecule has 2 aromatic heterocycles. The monoisotopic (exact) mass is 384 g/mol. The van der Waals surface area contributed by atoms with Gasteiger partial charge in [0.15, 0.2) is 0 Å². The molecule has 0 saturated carbocycles. The molecular weight excluding hydrogens is 360 g/mol. The Balaban J connectivity index is 1.48. The average Bonchev–Trinajstić information content (AvgIpc) is 3.14. The lowest BCUT2D eigenvalue weighted by Crippen LogP contribution is -2.08. The highest BCUT2D eigenvalue weighted by molar-refractivity contribution is 5.64. The van der Waals surface area contributed by atoms with E-state index < -0.39 is 0 Å². The lowest BCUT2D eigenvalue weighted by atomic mass is 10.1. The summed E-state index contributed by atoms with van der Waals surface area (Å²) >= 11 is 0. The molecule has 0 bridgehead atoms. The van der Waals surface area contributed by atoms with Crippen LogP contribution >= 0.6 is 0 Å². The number of oxazole rings is 1. The van der Waals surface area contributed by atoms with E-state index in [1.54, 1.807) is 6.20 Å². The minimum Gasteiger partial charge on any atom is -0.493 e. The van der Waals surface area contributed by atoms with Crippen molar-refractivity contribution in [3.63, 3.8) is 0 Å². The fourth-order valence-electron chi connectivity index (χ4n) is 3.31. The van der Waals surface area contributed by atoms with Crippen molar-refractivity contribution in [2.24, 2.45) is 0 Å². The maximum atomic E-state index is 5.96. The van der Waals surface area contributed by atoms with E-state index in [0.717, 1.165) is 34.0 Å². The van der Waals surface area contributed by atoms with Crippen molar-refractivity contribution in [2.75, 3.05) is 6.61 Å². The van der Waals surface area contributed by atoms with Gasteiger partial charge in [-0.05, 0) is 55.8 Å². The van der Waals surface area contributed by atoms with E-state index in [1.165, 1.54) is 5.56 Å². The van der Waals surface area contributed by atoms with Crippen LogP contribution in [0, 0.1) is 13.8 Å². The van der Waals surface area contributed by atoms with Gasteiger partial charge in [-0.1, -0.05) is 37.3 Å². The van der Waals surface area contributed by atoms with E-state index in [0.29, 0.717) is 12.5 Å². The van der Waals surface area contributed by atoms with Gasteiger partial charge in [0.1, 0.15) is 11.5 Å². The number of rotatable bonds is 6. The van der Waals surface area contributed by atoms with E-state index in [-0.39, 0.29) is 5.92 Å². The quantitative estimate of drug-likeness (QED) is 0.397. The van der Waals surface area contributed by atoms with Crippen molar-refractivity contribution in [3.05, 3.63) is 89.9 Å². The van der Waals surface area contributed by atoms with Crippen LogP contribution < -0.4 is 4.74 Å². The number of aromatic nitrogens is 2. The van der Waals surface area contributed by atoms with Crippen LogP contribution in [0.2, 0.25) is 0 Å². The topological polar surface area (TPSA) is 48.2 Å². The third-order valence-corrected chi connectivity index (χ3v) is 4.88. The maximum Gasteiger partial charge on any atom is 0.226 e. The molecule has 1 atom stereocenters. The van der Waals surface area contributed by atoms with Gasteiger partial charge >= 0.3 is 0 Å². The van der Waals surface area contributed by atoms with Gasteiger partial charge < -0.3 is 9.15 Å². The van der Waals surface area contributed by atoms with Gasteiger partial charge in [0, 0.05) is 23.2 Å². The Morgan fingerprint density at radius 3 is 2.45 bits per heavy atom.